The number of rotatable bonds is 6. The largest absolute Gasteiger partial charge is 0.395 e. The second-order valence-corrected chi connectivity index (χ2v) is 3.30. The van der Waals surface area contributed by atoms with E-state index in [1.54, 1.807) is 19.2 Å². The lowest BCUT2D eigenvalue weighted by molar-refractivity contribution is 0.202. The third-order valence-corrected chi connectivity index (χ3v) is 2.08. The summed E-state index contributed by atoms with van der Waals surface area (Å²) in [4.78, 5) is 1.88. The van der Waals surface area contributed by atoms with Crippen LogP contribution in [0.5, 0.6) is 0 Å². The molecule has 0 aromatic carbocycles. The van der Waals surface area contributed by atoms with Gasteiger partial charge in [0, 0.05) is 20.2 Å². The van der Waals surface area contributed by atoms with Crippen LogP contribution in [0.3, 0.4) is 0 Å². The fraction of sp³-hybridized carbons (Fsp3) is 0.556. The topological polar surface area (TPSA) is 58.5 Å². The molecule has 6 heteroatoms. The predicted octanol–water partition coefficient (Wildman–Crippen LogP) is 0.575. The van der Waals surface area contributed by atoms with Gasteiger partial charge in [0.15, 0.2) is 11.0 Å². The van der Waals surface area contributed by atoms with Crippen LogP contribution in [0.2, 0.25) is 5.15 Å². The Kier molecular flexibility index (Phi) is 5.31. The van der Waals surface area contributed by atoms with Crippen molar-refractivity contribution in [2.24, 2.45) is 0 Å². The summed E-state index contributed by atoms with van der Waals surface area (Å²) in [5.41, 5.74) is 0. The normalized spacial score (nSPS) is 10.3. The number of hydrogen-bond donors (Lipinski definition) is 1. The summed E-state index contributed by atoms with van der Waals surface area (Å²) in [5.74, 6) is 0.686. The highest BCUT2D eigenvalue weighted by atomic mass is 35.5. The fourth-order valence-electron chi connectivity index (χ4n) is 1.14. The van der Waals surface area contributed by atoms with Crippen molar-refractivity contribution in [2.45, 2.75) is 0 Å². The predicted molar refractivity (Wildman–Crippen MR) is 58.2 cm³/mol. The van der Waals surface area contributed by atoms with E-state index >= 15 is 0 Å². The molecule has 0 amide bonds. The molecule has 0 aliphatic rings. The van der Waals surface area contributed by atoms with E-state index in [1.165, 1.54) is 0 Å². The van der Waals surface area contributed by atoms with E-state index in [0.717, 1.165) is 0 Å². The summed E-state index contributed by atoms with van der Waals surface area (Å²) in [7, 11) is 1.63. The Bertz CT molecular complexity index is 281. The zero-order valence-corrected chi connectivity index (χ0v) is 9.31. The highest BCUT2D eigenvalue weighted by Crippen LogP contribution is 2.11. The van der Waals surface area contributed by atoms with E-state index in [4.69, 9.17) is 21.4 Å². The van der Waals surface area contributed by atoms with Gasteiger partial charge in [0.05, 0.1) is 13.2 Å². The Balaban J connectivity index is 2.65. The number of methoxy groups -OCH3 is 1. The van der Waals surface area contributed by atoms with Gasteiger partial charge in [-0.1, -0.05) is 11.6 Å². The average Bonchev–Trinajstić information content (AvgIpc) is 2.25. The molecule has 15 heavy (non-hydrogen) atoms. The standard InChI is InChI=1S/C9H14ClN3O2/c1-15-7-5-13(4-6-14)9-3-2-8(10)11-12-9/h2-3,14H,4-7H2,1H3. The lowest BCUT2D eigenvalue weighted by Crippen LogP contribution is -2.31. The Hall–Kier alpha value is -0.910. The maximum Gasteiger partial charge on any atom is 0.151 e. The minimum atomic E-state index is 0.0635. The van der Waals surface area contributed by atoms with Gasteiger partial charge in [0.1, 0.15) is 0 Å². The van der Waals surface area contributed by atoms with Crippen LogP contribution in [0, 0.1) is 0 Å². The smallest absolute Gasteiger partial charge is 0.151 e. The van der Waals surface area contributed by atoms with Crippen molar-refractivity contribution in [1.82, 2.24) is 10.2 Å². The van der Waals surface area contributed by atoms with Gasteiger partial charge in [-0.3, -0.25) is 0 Å². The van der Waals surface area contributed by atoms with Gasteiger partial charge in [0.2, 0.25) is 0 Å². The lowest BCUT2D eigenvalue weighted by Gasteiger charge is -2.21. The Morgan fingerprint density at radius 2 is 2.20 bits per heavy atom. The van der Waals surface area contributed by atoms with Gasteiger partial charge in [0.25, 0.3) is 0 Å². The summed E-state index contributed by atoms with van der Waals surface area (Å²) in [6, 6.07) is 3.43. The number of anilines is 1. The third-order valence-electron chi connectivity index (χ3n) is 1.88. The SMILES string of the molecule is COCCN(CCO)c1ccc(Cl)nn1. The number of aliphatic hydroxyl groups is 1. The van der Waals surface area contributed by atoms with Crippen molar-refractivity contribution in [3.63, 3.8) is 0 Å². The van der Waals surface area contributed by atoms with E-state index in [0.29, 0.717) is 30.7 Å². The molecule has 0 unspecified atom stereocenters. The molecule has 0 saturated carbocycles. The lowest BCUT2D eigenvalue weighted by atomic mass is 10.4. The van der Waals surface area contributed by atoms with Crippen molar-refractivity contribution < 1.29 is 9.84 Å². The molecule has 0 aliphatic carbocycles. The molecule has 84 valence electrons. The Morgan fingerprint density at radius 1 is 1.40 bits per heavy atom. The van der Waals surface area contributed by atoms with E-state index in [9.17, 15) is 0 Å². The summed E-state index contributed by atoms with van der Waals surface area (Å²) in [6.07, 6.45) is 0. The number of nitrogens with zero attached hydrogens (tertiary/aromatic N) is 3. The van der Waals surface area contributed by atoms with Gasteiger partial charge in [-0.05, 0) is 12.1 Å². The van der Waals surface area contributed by atoms with E-state index < -0.39 is 0 Å². The Labute approximate surface area is 93.6 Å². The van der Waals surface area contributed by atoms with E-state index in [1.807, 2.05) is 4.90 Å². The first-order chi connectivity index (χ1) is 7.27. The van der Waals surface area contributed by atoms with Crippen molar-refractivity contribution in [3.8, 4) is 0 Å². The highest BCUT2D eigenvalue weighted by Gasteiger charge is 2.07. The van der Waals surface area contributed by atoms with Crippen LogP contribution in [-0.2, 0) is 4.74 Å². The third kappa shape index (κ3) is 3.99. The number of ether oxygens (including phenoxy) is 1. The summed E-state index contributed by atoms with van der Waals surface area (Å²) in [6.45, 7) is 1.80. The molecule has 1 N–H and O–H groups in total. The average molecular weight is 232 g/mol. The van der Waals surface area contributed by atoms with Crippen molar-refractivity contribution in [3.05, 3.63) is 17.3 Å². The molecule has 0 fully saturated rings. The molecule has 0 bridgehead atoms. The second-order valence-electron chi connectivity index (χ2n) is 2.92. The molecule has 0 spiro atoms. The molecular formula is C9H14ClN3O2. The molecule has 0 atom stereocenters. The second kappa shape index (κ2) is 6.55. The van der Waals surface area contributed by atoms with Crippen LogP contribution in [0.1, 0.15) is 0 Å². The monoisotopic (exact) mass is 231 g/mol. The summed E-state index contributed by atoms with van der Waals surface area (Å²) in [5, 5.41) is 16.9. The van der Waals surface area contributed by atoms with E-state index in [-0.39, 0.29) is 6.61 Å². The minimum absolute atomic E-state index is 0.0635. The van der Waals surface area contributed by atoms with Crippen LogP contribution in [0.25, 0.3) is 0 Å². The summed E-state index contributed by atoms with van der Waals surface area (Å²) < 4.78 is 4.97. The van der Waals surface area contributed by atoms with E-state index in [2.05, 4.69) is 10.2 Å². The van der Waals surface area contributed by atoms with Gasteiger partial charge in [-0.25, -0.2) is 0 Å². The Morgan fingerprint density at radius 3 is 2.73 bits per heavy atom. The molecule has 1 rings (SSSR count). The maximum atomic E-state index is 8.90. The molecule has 5 nitrogen and oxygen atoms in total. The molecule has 1 aromatic rings. The first kappa shape index (κ1) is 12.2. The summed E-state index contributed by atoms with van der Waals surface area (Å²) >= 11 is 5.63. The molecule has 0 saturated heterocycles. The fourth-order valence-corrected chi connectivity index (χ4v) is 1.24. The zero-order chi connectivity index (χ0) is 11.1. The number of hydrogen-bond acceptors (Lipinski definition) is 5. The molecular weight excluding hydrogens is 218 g/mol. The van der Waals surface area contributed by atoms with Gasteiger partial charge in [-0.2, -0.15) is 0 Å². The minimum Gasteiger partial charge on any atom is -0.395 e. The molecule has 1 aromatic heterocycles. The van der Waals surface area contributed by atoms with Crippen LogP contribution in [0.15, 0.2) is 12.1 Å². The van der Waals surface area contributed by atoms with Crippen LogP contribution in [-0.4, -0.2) is 48.7 Å². The molecule has 0 radical (unpaired) electrons. The molecule has 0 aliphatic heterocycles. The van der Waals surface area contributed by atoms with Crippen molar-refractivity contribution in [2.75, 3.05) is 38.3 Å². The van der Waals surface area contributed by atoms with Crippen LogP contribution < -0.4 is 4.90 Å². The van der Waals surface area contributed by atoms with Crippen molar-refractivity contribution in [1.29, 1.82) is 0 Å². The number of aliphatic hydroxyl groups excluding tert-OH is 1. The van der Waals surface area contributed by atoms with Crippen LogP contribution >= 0.6 is 11.6 Å². The maximum absolute atomic E-state index is 8.90. The van der Waals surface area contributed by atoms with Gasteiger partial charge >= 0.3 is 0 Å². The first-order valence-electron chi connectivity index (χ1n) is 4.62. The number of aromatic nitrogens is 2. The first-order valence-corrected chi connectivity index (χ1v) is 4.99. The molecule has 1 heterocycles. The van der Waals surface area contributed by atoms with Crippen molar-refractivity contribution >= 4 is 17.4 Å². The van der Waals surface area contributed by atoms with Crippen LogP contribution in [0.4, 0.5) is 5.82 Å². The van der Waals surface area contributed by atoms with Gasteiger partial charge < -0.3 is 14.7 Å². The quantitative estimate of drug-likeness (QED) is 0.776. The zero-order valence-electron chi connectivity index (χ0n) is 8.56. The van der Waals surface area contributed by atoms with Gasteiger partial charge in [-0.15, -0.1) is 10.2 Å². The highest BCUT2D eigenvalue weighted by molar-refractivity contribution is 6.29. The number of halogens is 1.